The van der Waals surface area contributed by atoms with Crippen LogP contribution >= 0.6 is 0 Å². The van der Waals surface area contributed by atoms with Gasteiger partial charge in [-0.3, -0.25) is 4.98 Å². The minimum absolute atomic E-state index is 0.341. The molecule has 0 radical (unpaired) electrons. The maximum atomic E-state index is 13.9. The summed E-state index contributed by atoms with van der Waals surface area (Å²) in [4.78, 5) is 4.29. The van der Waals surface area contributed by atoms with Crippen molar-refractivity contribution in [3.63, 3.8) is 0 Å². The maximum absolute atomic E-state index is 13.9. The van der Waals surface area contributed by atoms with Crippen LogP contribution in [-0.4, -0.2) is 4.98 Å². The first-order valence-electron chi connectivity index (χ1n) is 6.50. The van der Waals surface area contributed by atoms with E-state index in [1.165, 1.54) is 6.07 Å². The van der Waals surface area contributed by atoms with Gasteiger partial charge < -0.3 is 0 Å². The van der Waals surface area contributed by atoms with E-state index < -0.39 is 0 Å². The lowest BCUT2D eigenvalue weighted by molar-refractivity contribution is 0.630. The Morgan fingerprint density at radius 3 is 2.33 bits per heavy atom. The van der Waals surface area contributed by atoms with Gasteiger partial charge in [-0.1, -0.05) is 42.5 Å². The van der Waals surface area contributed by atoms with Crippen molar-refractivity contribution >= 4 is 0 Å². The molecule has 3 heteroatoms. The van der Waals surface area contributed by atoms with Gasteiger partial charge in [0.1, 0.15) is 11.9 Å². The van der Waals surface area contributed by atoms with Crippen molar-refractivity contribution in [1.29, 1.82) is 5.26 Å². The van der Waals surface area contributed by atoms with Crippen LogP contribution in [-0.2, 0) is 0 Å². The first-order valence-corrected chi connectivity index (χ1v) is 6.50. The van der Waals surface area contributed by atoms with Crippen LogP contribution in [0.25, 0.3) is 22.4 Å². The second kappa shape index (κ2) is 5.56. The van der Waals surface area contributed by atoms with Crippen LogP contribution in [0.5, 0.6) is 0 Å². The van der Waals surface area contributed by atoms with Crippen molar-refractivity contribution < 1.29 is 4.39 Å². The van der Waals surface area contributed by atoms with Crippen molar-refractivity contribution in [3.8, 4) is 28.5 Å². The summed E-state index contributed by atoms with van der Waals surface area (Å²) in [6.07, 6.45) is 1.66. The van der Waals surface area contributed by atoms with Gasteiger partial charge in [0.15, 0.2) is 0 Å². The number of hydrogen-bond acceptors (Lipinski definition) is 2. The van der Waals surface area contributed by atoms with E-state index >= 15 is 0 Å². The predicted octanol–water partition coefficient (Wildman–Crippen LogP) is 4.43. The Balaban J connectivity index is 2.14. The predicted molar refractivity (Wildman–Crippen MR) is 79.8 cm³/mol. The second-order valence-electron chi connectivity index (χ2n) is 4.58. The molecular formula is C18H11FN2. The number of pyridine rings is 1. The summed E-state index contributed by atoms with van der Waals surface area (Å²) in [5, 5.41) is 9.33. The second-order valence-corrected chi connectivity index (χ2v) is 4.58. The molecule has 0 bridgehead atoms. The van der Waals surface area contributed by atoms with Gasteiger partial charge in [-0.15, -0.1) is 0 Å². The standard InChI is InChI=1S/C18H11FN2/c19-17-9-5-4-8-16(17)18-14(11-20)10-15(12-21-18)13-6-2-1-3-7-13/h1-10,12H. The largest absolute Gasteiger partial charge is 0.254 e. The van der Waals surface area contributed by atoms with Crippen LogP contribution < -0.4 is 0 Å². The third-order valence-electron chi connectivity index (χ3n) is 3.24. The SMILES string of the molecule is N#Cc1cc(-c2ccccc2)cnc1-c1ccccc1F. The zero-order valence-electron chi connectivity index (χ0n) is 11.1. The summed E-state index contributed by atoms with van der Waals surface area (Å²) >= 11 is 0. The Labute approximate surface area is 122 Å². The highest BCUT2D eigenvalue weighted by Crippen LogP contribution is 2.27. The number of hydrogen-bond donors (Lipinski definition) is 0. The van der Waals surface area contributed by atoms with Crippen molar-refractivity contribution in [2.75, 3.05) is 0 Å². The molecule has 1 heterocycles. The van der Waals surface area contributed by atoms with E-state index in [4.69, 9.17) is 0 Å². The van der Waals surface area contributed by atoms with Gasteiger partial charge in [0.05, 0.1) is 11.3 Å². The first kappa shape index (κ1) is 13.0. The van der Waals surface area contributed by atoms with E-state index in [2.05, 4.69) is 11.1 Å². The molecule has 0 unspecified atom stereocenters. The Hall–Kier alpha value is -2.99. The lowest BCUT2D eigenvalue weighted by Crippen LogP contribution is -1.93. The minimum atomic E-state index is -0.381. The molecule has 1 aromatic heterocycles. The molecule has 0 spiro atoms. The molecule has 3 aromatic rings. The summed E-state index contributed by atoms with van der Waals surface area (Å²) in [5.41, 5.74) is 2.89. The van der Waals surface area contributed by atoms with Crippen molar-refractivity contribution in [1.82, 2.24) is 4.98 Å². The summed E-state index contributed by atoms with van der Waals surface area (Å²) in [5.74, 6) is -0.381. The average Bonchev–Trinajstić information content (AvgIpc) is 2.56. The van der Waals surface area contributed by atoms with Gasteiger partial charge in [0.2, 0.25) is 0 Å². The zero-order chi connectivity index (χ0) is 14.7. The molecule has 0 aliphatic heterocycles. The molecule has 100 valence electrons. The summed E-state index contributed by atoms with van der Waals surface area (Å²) in [6, 6.07) is 19.8. The lowest BCUT2D eigenvalue weighted by Gasteiger charge is -2.07. The molecule has 3 rings (SSSR count). The molecule has 0 fully saturated rings. The molecule has 0 amide bonds. The quantitative estimate of drug-likeness (QED) is 0.693. The molecular weight excluding hydrogens is 263 g/mol. The van der Waals surface area contributed by atoms with Gasteiger partial charge in [-0.25, -0.2) is 4.39 Å². The summed E-state index contributed by atoms with van der Waals surface area (Å²) in [7, 11) is 0. The molecule has 2 aromatic carbocycles. The third kappa shape index (κ3) is 2.52. The fourth-order valence-electron chi connectivity index (χ4n) is 2.21. The number of benzene rings is 2. The summed E-state index contributed by atoms with van der Waals surface area (Å²) in [6.45, 7) is 0. The van der Waals surface area contributed by atoms with E-state index in [0.717, 1.165) is 11.1 Å². The highest BCUT2D eigenvalue weighted by atomic mass is 19.1. The Kier molecular flexibility index (Phi) is 3.44. The Morgan fingerprint density at radius 2 is 1.62 bits per heavy atom. The van der Waals surface area contributed by atoms with Crippen LogP contribution in [0.1, 0.15) is 5.56 Å². The van der Waals surface area contributed by atoms with Crippen LogP contribution in [0.2, 0.25) is 0 Å². The summed E-state index contributed by atoms with van der Waals surface area (Å²) < 4.78 is 13.9. The fourth-order valence-corrected chi connectivity index (χ4v) is 2.21. The van der Waals surface area contributed by atoms with Crippen LogP contribution in [0, 0.1) is 17.1 Å². The highest BCUT2D eigenvalue weighted by Gasteiger charge is 2.12. The molecule has 2 nitrogen and oxygen atoms in total. The van der Waals surface area contributed by atoms with E-state index in [0.29, 0.717) is 16.8 Å². The van der Waals surface area contributed by atoms with Gasteiger partial charge in [0, 0.05) is 17.3 Å². The third-order valence-corrected chi connectivity index (χ3v) is 3.24. The topological polar surface area (TPSA) is 36.7 Å². The number of halogens is 1. The molecule has 0 saturated carbocycles. The minimum Gasteiger partial charge on any atom is -0.254 e. The fraction of sp³-hybridized carbons (Fsp3) is 0. The van der Waals surface area contributed by atoms with Crippen LogP contribution in [0.3, 0.4) is 0 Å². The maximum Gasteiger partial charge on any atom is 0.132 e. The lowest BCUT2D eigenvalue weighted by atomic mass is 10.0. The number of aromatic nitrogens is 1. The molecule has 21 heavy (non-hydrogen) atoms. The zero-order valence-corrected chi connectivity index (χ0v) is 11.1. The molecule has 0 N–H and O–H groups in total. The Morgan fingerprint density at radius 1 is 0.905 bits per heavy atom. The molecule has 0 aliphatic carbocycles. The monoisotopic (exact) mass is 274 g/mol. The smallest absolute Gasteiger partial charge is 0.132 e. The first-order chi connectivity index (χ1) is 10.3. The molecule has 0 aliphatic rings. The number of rotatable bonds is 2. The van der Waals surface area contributed by atoms with Crippen molar-refractivity contribution in [2.45, 2.75) is 0 Å². The van der Waals surface area contributed by atoms with E-state index in [9.17, 15) is 9.65 Å². The van der Waals surface area contributed by atoms with Gasteiger partial charge in [-0.2, -0.15) is 5.26 Å². The van der Waals surface area contributed by atoms with Crippen LogP contribution in [0.15, 0.2) is 66.9 Å². The highest BCUT2D eigenvalue weighted by molar-refractivity contribution is 5.72. The van der Waals surface area contributed by atoms with Crippen molar-refractivity contribution in [3.05, 3.63) is 78.2 Å². The molecule has 0 saturated heterocycles. The van der Waals surface area contributed by atoms with E-state index in [-0.39, 0.29) is 5.82 Å². The number of nitrogens with zero attached hydrogens (tertiary/aromatic N) is 2. The number of nitriles is 1. The normalized spacial score (nSPS) is 10.1. The van der Waals surface area contributed by atoms with Crippen LogP contribution in [0.4, 0.5) is 4.39 Å². The van der Waals surface area contributed by atoms with Gasteiger partial charge in [-0.05, 0) is 23.8 Å². The van der Waals surface area contributed by atoms with Gasteiger partial charge in [0.25, 0.3) is 0 Å². The van der Waals surface area contributed by atoms with E-state index in [1.54, 1.807) is 30.5 Å². The van der Waals surface area contributed by atoms with Gasteiger partial charge >= 0.3 is 0 Å². The molecule has 0 atom stereocenters. The Bertz CT molecular complexity index is 820. The van der Waals surface area contributed by atoms with E-state index in [1.807, 2.05) is 30.3 Å². The average molecular weight is 274 g/mol. The van der Waals surface area contributed by atoms with Crippen molar-refractivity contribution in [2.24, 2.45) is 0 Å².